The molecule has 8 heteroatoms. The number of carbonyl (C=O) groups is 1. The van der Waals surface area contributed by atoms with Crippen molar-refractivity contribution in [3.63, 3.8) is 0 Å². The summed E-state index contributed by atoms with van der Waals surface area (Å²) >= 11 is 0. The molecule has 0 aliphatic carbocycles. The van der Waals surface area contributed by atoms with Crippen LogP contribution in [0.2, 0.25) is 0 Å². The van der Waals surface area contributed by atoms with Crippen LogP contribution in [0.3, 0.4) is 0 Å². The van der Waals surface area contributed by atoms with Crippen LogP contribution < -0.4 is 10.1 Å². The second kappa shape index (κ2) is 7.41. The normalized spacial score (nSPS) is 11.3. The number of nitrogens with one attached hydrogen (secondary N) is 1. The van der Waals surface area contributed by atoms with Crippen LogP contribution in [-0.4, -0.2) is 44.8 Å². The predicted octanol–water partition coefficient (Wildman–Crippen LogP) is 1.27. The number of carbonyl (C=O) groups excluding carboxylic acids is 1. The largest absolute Gasteiger partial charge is 0.481 e. The van der Waals surface area contributed by atoms with Crippen LogP contribution in [0.15, 0.2) is 47.5 Å². The van der Waals surface area contributed by atoms with Crippen LogP contribution in [-0.2, 0) is 16.6 Å². The topological polar surface area (TPSA) is 88.6 Å². The molecular formula is C16H19N3O4S. The molecule has 7 nitrogen and oxygen atoms in total. The maximum Gasteiger partial charge on any atom is 0.251 e. The number of nitrogens with zero attached hydrogens (tertiary/aromatic N) is 2. The molecule has 0 spiro atoms. The number of ether oxygens (including phenoxy) is 1. The lowest BCUT2D eigenvalue weighted by Gasteiger charge is -2.12. The van der Waals surface area contributed by atoms with Crippen molar-refractivity contribution in [2.75, 3.05) is 21.2 Å². The van der Waals surface area contributed by atoms with E-state index >= 15 is 0 Å². The second-order valence-corrected chi connectivity index (χ2v) is 7.36. The first-order valence-corrected chi connectivity index (χ1v) is 8.58. The first-order valence-electron chi connectivity index (χ1n) is 7.14. The summed E-state index contributed by atoms with van der Waals surface area (Å²) in [6.45, 7) is 0.278. The summed E-state index contributed by atoms with van der Waals surface area (Å²) in [4.78, 5) is 16.4. The zero-order valence-electron chi connectivity index (χ0n) is 13.7. The van der Waals surface area contributed by atoms with E-state index in [1.54, 1.807) is 30.5 Å². The maximum absolute atomic E-state index is 12.2. The van der Waals surface area contributed by atoms with Crippen molar-refractivity contribution in [2.24, 2.45) is 0 Å². The van der Waals surface area contributed by atoms with Crippen LogP contribution >= 0.6 is 0 Å². The zero-order chi connectivity index (χ0) is 17.7. The third kappa shape index (κ3) is 4.09. The fourth-order valence-electron chi connectivity index (χ4n) is 1.93. The Kier molecular flexibility index (Phi) is 5.53. The minimum Gasteiger partial charge on any atom is -0.481 e. The van der Waals surface area contributed by atoms with Crippen molar-refractivity contribution in [3.8, 4) is 5.88 Å². The summed E-state index contributed by atoms with van der Waals surface area (Å²) < 4.78 is 30.3. The number of pyridine rings is 1. The second-order valence-electron chi connectivity index (χ2n) is 5.21. The molecule has 0 atom stereocenters. The molecule has 1 aromatic carbocycles. The Bertz CT molecular complexity index is 817. The molecule has 128 valence electrons. The zero-order valence-corrected chi connectivity index (χ0v) is 14.5. The average molecular weight is 349 g/mol. The van der Waals surface area contributed by atoms with Gasteiger partial charge < -0.3 is 10.1 Å². The van der Waals surface area contributed by atoms with Gasteiger partial charge in [-0.15, -0.1) is 0 Å². The van der Waals surface area contributed by atoms with Gasteiger partial charge in [-0.2, -0.15) is 0 Å². The van der Waals surface area contributed by atoms with Crippen molar-refractivity contribution in [1.29, 1.82) is 0 Å². The first-order chi connectivity index (χ1) is 11.3. The molecule has 1 N–H and O–H groups in total. The van der Waals surface area contributed by atoms with E-state index in [1.165, 1.54) is 33.3 Å². The fourth-order valence-corrected chi connectivity index (χ4v) is 2.88. The minimum absolute atomic E-state index is 0.0752. The molecule has 1 aromatic heterocycles. The molecule has 0 fully saturated rings. The Hall–Kier alpha value is -2.45. The lowest BCUT2D eigenvalue weighted by atomic mass is 10.2. The van der Waals surface area contributed by atoms with Gasteiger partial charge in [-0.25, -0.2) is 17.7 Å². The highest BCUT2D eigenvalue weighted by Crippen LogP contribution is 2.15. The number of aromatic nitrogens is 1. The van der Waals surface area contributed by atoms with Gasteiger partial charge in [-0.05, 0) is 23.8 Å². The Morgan fingerprint density at radius 2 is 2.00 bits per heavy atom. The Morgan fingerprint density at radius 1 is 1.25 bits per heavy atom. The minimum atomic E-state index is -3.58. The smallest absolute Gasteiger partial charge is 0.251 e. The van der Waals surface area contributed by atoms with Gasteiger partial charge >= 0.3 is 0 Å². The van der Waals surface area contributed by atoms with Crippen LogP contribution in [0.25, 0.3) is 0 Å². The highest BCUT2D eigenvalue weighted by Gasteiger charge is 2.18. The maximum atomic E-state index is 12.2. The number of benzene rings is 1. The number of amides is 1. The first kappa shape index (κ1) is 17.9. The lowest BCUT2D eigenvalue weighted by molar-refractivity contribution is 0.0950. The van der Waals surface area contributed by atoms with Crippen molar-refractivity contribution < 1.29 is 17.9 Å². The van der Waals surface area contributed by atoms with E-state index in [1.807, 2.05) is 0 Å². The molecule has 0 unspecified atom stereocenters. The van der Waals surface area contributed by atoms with Crippen LogP contribution in [0.5, 0.6) is 5.88 Å². The van der Waals surface area contributed by atoms with E-state index in [-0.39, 0.29) is 22.9 Å². The van der Waals surface area contributed by atoms with Crippen LogP contribution in [0, 0.1) is 0 Å². The summed E-state index contributed by atoms with van der Waals surface area (Å²) in [5.74, 6) is 0.133. The van der Waals surface area contributed by atoms with Crippen molar-refractivity contribution in [2.45, 2.75) is 11.4 Å². The molecular weight excluding hydrogens is 330 g/mol. The van der Waals surface area contributed by atoms with Gasteiger partial charge in [0, 0.05) is 38.5 Å². The molecule has 0 aliphatic rings. The van der Waals surface area contributed by atoms with E-state index in [0.29, 0.717) is 5.88 Å². The SMILES string of the molecule is COc1ccc(CNC(=O)c2cccc(S(=O)(=O)N(C)C)c2)cn1. The molecule has 24 heavy (non-hydrogen) atoms. The summed E-state index contributed by atoms with van der Waals surface area (Å²) in [6.07, 6.45) is 1.60. The number of hydrogen-bond donors (Lipinski definition) is 1. The van der Waals surface area contributed by atoms with Crippen molar-refractivity contribution in [1.82, 2.24) is 14.6 Å². The third-order valence-electron chi connectivity index (χ3n) is 3.33. The number of methoxy groups -OCH3 is 1. The molecule has 2 rings (SSSR count). The molecule has 0 aliphatic heterocycles. The fraction of sp³-hybridized carbons (Fsp3) is 0.250. The molecule has 1 amide bonds. The summed E-state index contributed by atoms with van der Waals surface area (Å²) in [7, 11) is 0.834. The highest BCUT2D eigenvalue weighted by atomic mass is 32.2. The van der Waals surface area contributed by atoms with E-state index in [0.717, 1.165) is 9.87 Å². The Labute approximate surface area is 141 Å². The number of rotatable bonds is 6. The summed E-state index contributed by atoms with van der Waals surface area (Å²) in [5, 5.41) is 2.73. The van der Waals surface area contributed by atoms with Crippen molar-refractivity contribution in [3.05, 3.63) is 53.7 Å². The third-order valence-corrected chi connectivity index (χ3v) is 5.15. The predicted molar refractivity (Wildman–Crippen MR) is 89.3 cm³/mol. The van der Waals surface area contributed by atoms with Gasteiger partial charge in [-0.1, -0.05) is 12.1 Å². The molecule has 0 radical (unpaired) electrons. The van der Waals surface area contributed by atoms with Gasteiger partial charge in [0.15, 0.2) is 0 Å². The van der Waals surface area contributed by atoms with Crippen molar-refractivity contribution >= 4 is 15.9 Å². The molecule has 2 aromatic rings. The summed E-state index contributed by atoms with van der Waals surface area (Å²) in [6, 6.07) is 9.41. The Morgan fingerprint density at radius 3 is 2.58 bits per heavy atom. The van der Waals surface area contributed by atoms with Gasteiger partial charge in [0.1, 0.15) is 0 Å². The monoisotopic (exact) mass is 349 g/mol. The molecule has 0 saturated carbocycles. The van der Waals surface area contributed by atoms with Gasteiger partial charge in [0.25, 0.3) is 5.91 Å². The van der Waals surface area contributed by atoms with Crippen LogP contribution in [0.4, 0.5) is 0 Å². The Balaban J connectivity index is 2.10. The average Bonchev–Trinajstić information content (AvgIpc) is 2.60. The van der Waals surface area contributed by atoms with Gasteiger partial charge in [-0.3, -0.25) is 4.79 Å². The standard InChI is InChI=1S/C16H19N3O4S/c1-19(2)24(21,22)14-6-4-5-13(9-14)16(20)18-11-12-7-8-15(23-3)17-10-12/h4-10H,11H2,1-3H3,(H,18,20). The quantitative estimate of drug-likeness (QED) is 0.848. The van der Waals surface area contributed by atoms with E-state index in [4.69, 9.17) is 4.74 Å². The van der Waals surface area contributed by atoms with E-state index in [9.17, 15) is 13.2 Å². The lowest BCUT2D eigenvalue weighted by Crippen LogP contribution is -2.25. The van der Waals surface area contributed by atoms with E-state index < -0.39 is 10.0 Å². The van der Waals surface area contributed by atoms with Gasteiger partial charge in [0.05, 0.1) is 12.0 Å². The molecule has 0 saturated heterocycles. The molecule has 1 heterocycles. The number of sulfonamides is 1. The van der Waals surface area contributed by atoms with Crippen LogP contribution in [0.1, 0.15) is 15.9 Å². The molecule has 0 bridgehead atoms. The summed E-state index contributed by atoms with van der Waals surface area (Å²) in [5.41, 5.74) is 1.08. The van der Waals surface area contributed by atoms with E-state index in [2.05, 4.69) is 10.3 Å². The van der Waals surface area contributed by atoms with Gasteiger partial charge in [0.2, 0.25) is 15.9 Å². The number of hydrogen-bond acceptors (Lipinski definition) is 5. The highest BCUT2D eigenvalue weighted by molar-refractivity contribution is 7.89.